The minimum absolute atomic E-state index is 0.0123. The van der Waals surface area contributed by atoms with Crippen LogP contribution in [0.1, 0.15) is 11.3 Å². The summed E-state index contributed by atoms with van der Waals surface area (Å²) in [5.41, 5.74) is 3.05. The highest BCUT2D eigenvalue weighted by molar-refractivity contribution is 5.90. The second-order valence-electron chi connectivity index (χ2n) is 6.51. The first-order valence-corrected chi connectivity index (χ1v) is 8.91. The fourth-order valence-electron chi connectivity index (χ4n) is 3.32. The predicted octanol–water partition coefficient (Wildman–Crippen LogP) is 2.75. The highest BCUT2D eigenvalue weighted by Gasteiger charge is 2.24. The second kappa shape index (κ2) is 7.56. The lowest BCUT2D eigenvalue weighted by molar-refractivity contribution is -0.145. The Morgan fingerprint density at radius 1 is 1.14 bits per heavy atom. The number of methoxy groups -OCH3 is 1. The number of nitrogens with zero attached hydrogens (tertiary/aromatic N) is 1. The van der Waals surface area contributed by atoms with Crippen LogP contribution in [0.2, 0.25) is 0 Å². The standard InChI is InChI=1S/C21H19N3O4/c1-27-21(26)18(10-13-12-22-16-8-4-2-6-14(13)16)23-20(25)11-17-15-7-3-5-9-19(15)28-24-17/h2-9,12,18,22H,10-11H2,1H3,(H,23,25). The van der Waals surface area contributed by atoms with Gasteiger partial charge in [0.15, 0.2) is 5.58 Å². The molecule has 4 rings (SSSR count). The molecule has 0 spiro atoms. The van der Waals surface area contributed by atoms with Gasteiger partial charge in [-0.1, -0.05) is 35.5 Å². The Labute approximate surface area is 160 Å². The maximum absolute atomic E-state index is 12.6. The lowest BCUT2D eigenvalue weighted by Crippen LogP contribution is -2.43. The summed E-state index contributed by atoms with van der Waals surface area (Å²) in [6, 6.07) is 14.3. The molecule has 2 aromatic carbocycles. The Morgan fingerprint density at radius 2 is 1.89 bits per heavy atom. The highest BCUT2D eigenvalue weighted by atomic mass is 16.5. The van der Waals surface area contributed by atoms with Crippen molar-refractivity contribution in [2.45, 2.75) is 18.9 Å². The number of aromatic nitrogens is 2. The van der Waals surface area contributed by atoms with E-state index in [1.807, 2.05) is 48.7 Å². The van der Waals surface area contributed by atoms with Crippen LogP contribution in [0.15, 0.2) is 59.3 Å². The van der Waals surface area contributed by atoms with Crippen LogP contribution in [0.3, 0.4) is 0 Å². The minimum atomic E-state index is -0.796. The first-order valence-electron chi connectivity index (χ1n) is 8.91. The van der Waals surface area contributed by atoms with Gasteiger partial charge in [-0.25, -0.2) is 4.79 Å². The van der Waals surface area contributed by atoms with Crippen molar-refractivity contribution in [3.8, 4) is 0 Å². The number of aromatic amines is 1. The Bertz CT molecular complexity index is 1140. The van der Waals surface area contributed by atoms with Gasteiger partial charge in [0.1, 0.15) is 11.7 Å². The van der Waals surface area contributed by atoms with Gasteiger partial charge < -0.3 is 19.6 Å². The van der Waals surface area contributed by atoms with Crippen molar-refractivity contribution in [1.82, 2.24) is 15.5 Å². The third-order valence-electron chi connectivity index (χ3n) is 4.70. The van der Waals surface area contributed by atoms with Crippen LogP contribution in [0.4, 0.5) is 0 Å². The van der Waals surface area contributed by atoms with Crippen LogP contribution in [0.25, 0.3) is 21.9 Å². The number of hydrogen-bond donors (Lipinski definition) is 2. The number of carbonyl (C=O) groups excluding carboxylic acids is 2. The van der Waals surface area contributed by atoms with Gasteiger partial charge in [0.2, 0.25) is 5.91 Å². The molecule has 2 N–H and O–H groups in total. The van der Waals surface area contributed by atoms with E-state index in [4.69, 9.17) is 9.26 Å². The molecule has 0 saturated heterocycles. The maximum atomic E-state index is 12.6. The SMILES string of the molecule is COC(=O)C(Cc1c[nH]c2ccccc12)NC(=O)Cc1noc2ccccc12. The Balaban J connectivity index is 1.51. The zero-order chi connectivity index (χ0) is 19.5. The molecular formula is C21H19N3O4. The molecule has 0 aliphatic carbocycles. The molecule has 0 radical (unpaired) electrons. The zero-order valence-corrected chi connectivity index (χ0v) is 15.3. The van der Waals surface area contributed by atoms with Gasteiger partial charge in [-0.3, -0.25) is 4.79 Å². The van der Waals surface area contributed by atoms with Crippen molar-refractivity contribution in [2.24, 2.45) is 0 Å². The normalized spacial score (nSPS) is 12.2. The van der Waals surface area contributed by atoms with Gasteiger partial charge in [-0.2, -0.15) is 0 Å². The van der Waals surface area contributed by atoms with Crippen LogP contribution < -0.4 is 5.32 Å². The molecule has 0 fully saturated rings. The van der Waals surface area contributed by atoms with Crippen molar-refractivity contribution in [2.75, 3.05) is 7.11 Å². The number of H-pyrrole nitrogens is 1. The van der Waals surface area contributed by atoms with E-state index < -0.39 is 12.0 Å². The fourth-order valence-corrected chi connectivity index (χ4v) is 3.32. The number of carbonyl (C=O) groups is 2. The average molecular weight is 377 g/mol. The van der Waals surface area contributed by atoms with Gasteiger partial charge in [0.05, 0.1) is 13.5 Å². The predicted molar refractivity (Wildman–Crippen MR) is 104 cm³/mol. The summed E-state index contributed by atoms with van der Waals surface area (Å²) in [6.07, 6.45) is 2.18. The minimum Gasteiger partial charge on any atom is -0.467 e. The van der Waals surface area contributed by atoms with Crippen molar-refractivity contribution in [3.63, 3.8) is 0 Å². The van der Waals surface area contributed by atoms with Gasteiger partial charge >= 0.3 is 5.97 Å². The Hall–Kier alpha value is -3.61. The number of nitrogens with one attached hydrogen (secondary N) is 2. The molecule has 0 saturated carbocycles. The van der Waals surface area contributed by atoms with Crippen molar-refractivity contribution in [3.05, 3.63) is 66.0 Å². The van der Waals surface area contributed by atoms with Crippen molar-refractivity contribution < 1.29 is 18.8 Å². The van der Waals surface area contributed by atoms with Gasteiger partial charge in [0.25, 0.3) is 0 Å². The maximum Gasteiger partial charge on any atom is 0.328 e. The second-order valence-corrected chi connectivity index (χ2v) is 6.51. The number of ether oxygens (including phenoxy) is 1. The molecule has 142 valence electrons. The number of para-hydroxylation sites is 2. The number of fused-ring (bicyclic) bond motifs is 2. The molecule has 0 bridgehead atoms. The molecule has 1 amide bonds. The van der Waals surface area contributed by atoms with E-state index in [9.17, 15) is 9.59 Å². The molecule has 28 heavy (non-hydrogen) atoms. The molecule has 1 unspecified atom stereocenters. The largest absolute Gasteiger partial charge is 0.467 e. The lowest BCUT2D eigenvalue weighted by atomic mass is 10.0. The molecule has 2 heterocycles. The smallest absolute Gasteiger partial charge is 0.328 e. The number of esters is 1. The summed E-state index contributed by atoms with van der Waals surface area (Å²) in [4.78, 5) is 28.0. The summed E-state index contributed by atoms with van der Waals surface area (Å²) < 4.78 is 10.1. The summed E-state index contributed by atoms with van der Waals surface area (Å²) >= 11 is 0. The van der Waals surface area contributed by atoms with E-state index in [0.717, 1.165) is 21.9 Å². The van der Waals surface area contributed by atoms with E-state index in [1.165, 1.54) is 7.11 Å². The van der Waals surface area contributed by atoms with Gasteiger partial charge in [-0.15, -0.1) is 0 Å². The molecule has 7 nitrogen and oxygen atoms in total. The molecule has 4 aromatic rings. The molecule has 1 atom stereocenters. The van der Waals surface area contributed by atoms with Crippen LogP contribution in [-0.4, -0.2) is 35.2 Å². The monoisotopic (exact) mass is 377 g/mol. The van der Waals surface area contributed by atoms with Gasteiger partial charge in [0, 0.05) is 28.9 Å². The van der Waals surface area contributed by atoms with Crippen LogP contribution >= 0.6 is 0 Å². The summed E-state index contributed by atoms with van der Waals surface area (Å²) in [7, 11) is 1.31. The Kier molecular flexibility index (Phi) is 4.80. The van der Waals surface area contributed by atoms with E-state index in [2.05, 4.69) is 15.5 Å². The number of benzene rings is 2. The summed E-state index contributed by atoms with van der Waals surface area (Å²) in [5, 5.41) is 8.52. The van der Waals surface area contributed by atoms with Gasteiger partial charge in [-0.05, 0) is 23.8 Å². The van der Waals surface area contributed by atoms with Crippen LogP contribution in [0.5, 0.6) is 0 Å². The number of hydrogen-bond acceptors (Lipinski definition) is 5. The highest BCUT2D eigenvalue weighted by Crippen LogP contribution is 2.20. The third-order valence-corrected chi connectivity index (χ3v) is 4.70. The van der Waals surface area contributed by atoms with Crippen LogP contribution in [-0.2, 0) is 27.2 Å². The van der Waals surface area contributed by atoms with E-state index in [-0.39, 0.29) is 12.3 Å². The van der Waals surface area contributed by atoms with E-state index in [0.29, 0.717) is 17.7 Å². The third kappa shape index (κ3) is 3.46. The van der Waals surface area contributed by atoms with Crippen LogP contribution in [0, 0.1) is 0 Å². The summed E-state index contributed by atoms with van der Waals surface area (Å²) in [5.74, 6) is -0.821. The Morgan fingerprint density at radius 3 is 2.71 bits per heavy atom. The molecule has 0 aliphatic rings. The lowest BCUT2D eigenvalue weighted by Gasteiger charge is -2.16. The topological polar surface area (TPSA) is 97.2 Å². The number of amides is 1. The fraction of sp³-hybridized carbons (Fsp3) is 0.190. The average Bonchev–Trinajstić information content (AvgIpc) is 3.31. The zero-order valence-electron chi connectivity index (χ0n) is 15.3. The molecule has 7 heteroatoms. The first kappa shape index (κ1) is 17.8. The van der Waals surface area contributed by atoms with Crippen molar-refractivity contribution in [1.29, 1.82) is 0 Å². The molecule has 2 aromatic heterocycles. The summed E-state index contributed by atoms with van der Waals surface area (Å²) in [6.45, 7) is 0. The van der Waals surface area contributed by atoms with Crippen molar-refractivity contribution >= 4 is 33.7 Å². The first-order chi connectivity index (χ1) is 13.7. The van der Waals surface area contributed by atoms with E-state index >= 15 is 0 Å². The number of rotatable bonds is 6. The molecule has 0 aliphatic heterocycles. The molecular weight excluding hydrogens is 358 g/mol. The quantitative estimate of drug-likeness (QED) is 0.504. The van der Waals surface area contributed by atoms with E-state index in [1.54, 1.807) is 6.07 Å².